The second-order valence-electron chi connectivity index (χ2n) is 8.95. The number of aromatic nitrogens is 3. The van der Waals surface area contributed by atoms with Crippen LogP contribution in [0.2, 0.25) is 0 Å². The molecule has 1 aromatic carbocycles. The predicted octanol–water partition coefficient (Wildman–Crippen LogP) is 3.15. The number of halogens is 1. The Labute approximate surface area is 208 Å². The molecule has 2 atom stereocenters. The van der Waals surface area contributed by atoms with E-state index >= 15 is 4.39 Å². The van der Waals surface area contributed by atoms with Crippen LogP contribution in [0, 0.1) is 17.1 Å². The number of hydrogen-bond acceptors (Lipinski definition) is 8. The fourth-order valence-corrected chi connectivity index (χ4v) is 4.62. The number of ether oxygens (including phenoxy) is 2. The minimum absolute atomic E-state index is 0.156. The number of anilines is 1. The van der Waals surface area contributed by atoms with Crippen molar-refractivity contribution in [3.63, 3.8) is 0 Å². The van der Waals surface area contributed by atoms with Gasteiger partial charge in [0, 0.05) is 43.5 Å². The lowest BCUT2D eigenvalue weighted by Crippen LogP contribution is -2.44. The molecule has 0 radical (unpaired) electrons. The second-order valence-corrected chi connectivity index (χ2v) is 8.95. The summed E-state index contributed by atoms with van der Waals surface area (Å²) in [5.41, 5.74) is 2.61. The Morgan fingerprint density at radius 2 is 2.00 bits per heavy atom. The summed E-state index contributed by atoms with van der Waals surface area (Å²) in [6.07, 6.45) is 1.71. The molecule has 36 heavy (non-hydrogen) atoms. The number of methoxy groups -OCH3 is 1. The van der Waals surface area contributed by atoms with Crippen LogP contribution in [0.15, 0.2) is 36.5 Å². The maximum atomic E-state index is 15.1. The lowest BCUT2D eigenvalue weighted by atomic mass is 9.97. The molecule has 1 amide bonds. The van der Waals surface area contributed by atoms with Crippen molar-refractivity contribution in [3.05, 3.63) is 64.7 Å². The van der Waals surface area contributed by atoms with E-state index in [0.29, 0.717) is 49.1 Å². The Morgan fingerprint density at radius 1 is 1.19 bits per heavy atom. The zero-order valence-electron chi connectivity index (χ0n) is 20.2. The number of carbonyl (C=O) groups is 1. The molecule has 3 aromatic rings. The molecule has 0 spiro atoms. The molecule has 4 heterocycles. The van der Waals surface area contributed by atoms with Crippen molar-refractivity contribution in [1.29, 1.82) is 5.26 Å². The number of likely N-dealkylation sites (N-methyl/N-ethyl adjacent to an activating group) is 1. The fourth-order valence-electron chi connectivity index (χ4n) is 4.62. The van der Waals surface area contributed by atoms with E-state index in [1.54, 1.807) is 31.3 Å². The molecule has 1 fully saturated rings. The molecule has 0 aliphatic carbocycles. The van der Waals surface area contributed by atoms with Gasteiger partial charge in [0.2, 0.25) is 11.8 Å². The van der Waals surface area contributed by atoms with E-state index in [2.05, 4.69) is 9.97 Å². The monoisotopic (exact) mass is 488 g/mol. The highest BCUT2D eigenvalue weighted by Crippen LogP contribution is 2.34. The topological polar surface area (TPSA) is 104 Å². The molecule has 2 aliphatic heterocycles. The summed E-state index contributed by atoms with van der Waals surface area (Å²) in [6, 6.07) is 9.91. The van der Waals surface area contributed by atoms with Crippen LogP contribution in [-0.2, 0) is 11.2 Å². The van der Waals surface area contributed by atoms with Crippen LogP contribution >= 0.6 is 0 Å². The molecule has 0 saturated carbocycles. The molecule has 184 valence electrons. The first kappa shape index (κ1) is 23.6. The highest BCUT2D eigenvalue weighted by molar-refractivity contribution is 5.96. The van der Waals surface area contributed by atoms with Crippen LogP contribution in [0.5, 0.6) is 5.88 Å². The molecule has 0 unspecified atom stereocenters. The van der Waals surface area contributed by atoms with Crippen LogP contribution in [-0.4, -0.2) is 65.7 Å². The van der Waals surface area contributed by atoms with Crippen molar-refractivity contribution < 1.29 is 18.7 Å². The van der Waals surface area contributed by atoms with Gasteiger partial charge in [-0.15, -0.1) is 0 Å². The van der Waals surface area contributed by atoms with Crippen molar-refractivity contribution in [2.45, 2.75) is 25.6 Å². The van der Waals surface area contributed by atoms with E-state index in [1.165, 1.54) is 12.1 Å². The van der Waals surface area contributed by atoms with Gasteiger partial charge in [-0.3, -0.25) is 4.79 Å². The Morgan fingerprint density at radius 3 is 2.75 bits per heavy atom. The number of carbonyl (C=O) groups excluding carboxylic acids is 1. The number of nitrogens with zero attached hydrogens (tertiary/aromatic N) is 6. The van der Waals surface area contributed by atoms with Gasteiger partial charge < -0.3 is 19.3 Å². The maximum Gasteiger partial charge on any atom is 0.272 e. The number of fused-ring (bicyclic) bond motifs is 1. The van der Waals surface area contributed by atoms with E-state index in [1.807, 2.05) is 30.0 Å². The Kier molecular flexibility index (Phi) is 6.24. The summed E-state index contributed by atoms with van der Waals surface area (Å²) < 4.78 is 26.5. The van der Waals surface area contributed by atoms with Gasteiger partial charge in [0.25, 0.3) is 5.91 Å². The summed E-state index contributed by atoms with van der Waals surface area (Å²) in [4.78, 5) is 30.3. The smallest absolute Gasteiger partial charge is 0.272 e. The average Bonchev–Trinajstić information content (AvgIpc) is 2.90. The number of hydrogen-bond donors (Lipinski definition) is 0. The number of nitriles is 1. The van der Waals surface area contributed by atoms with Crippen LogP contribution < -0.4 is 9.64 Å². The highest BCUT2D eigenvalue weighted by atomic mass is 19.1. The zero-order valence-corrected chi connectivity index (χ0v) is 20.2. The van der Waals surface area contributed by atoms with Crippen molar-refractivity contribution in [2.24, 2.45) is 0 Å². The number of morpholine rings is 1. The van der Waals surface area contributed by atoms with Crippen molar-refractivity contribution in [2.75, 3.05) is 38.7 Å². The number of amides is 1. The molecule has 2 aromatic heterocycles. The minimum atomic E-state index is -0.565. The molecule has 0 bridgehead atoms. The molecule has 1 saturated heterocycles. The Hall–Kier alpha value is -4.10. The minimum Gasteiger partial charge on any atom is -0.481 e. The lowest BCUT2D eigenvalue weighted by molar-refractivity contribution is -0.0180. The van der Waals surface area contributed by atoms with E-state index in [0.717, 1.165) is 5.56 Å². The lowest BCUT2D eigenvalue weighted by Gasteiger charge is -2.37. The van der Waals surface area contributed by atoms with Gasteiger partial charge in [-0.05, 0) is 43.2 Å². The first-order valence-corrected chi connectivity index (χ1v) is 11.6. The molecule has 2 aliphatic rings. The number of rotatable bonds is 4. The van der Waals surface area contributed by atoms with Gasteiger partial charge in [0.1, 0.15) is 17.6 Å². The maximum absolute atomic E-state index is 15.1. The molecular formula is C26H25FN6O3. The molecular weight excluding hydrogens is 463 g/mol. The van der Waals surface area contributed by atoms with Crippen LogP contribution in [0.3, 0.4) is 0 Å². The number of pyridine rings is 1. The summed E-state index contributed by atoms with van der Waals surface area (Å²) >= 11 is 0. The van der Waals surface area contributed by atoms with E-state index in [-0.39, 0.29) is 34.9 Å². The third-order valence-electron chi connectivity index (χ3n) is 6.48. The summed E-state index contributed by atoms with van der Waals surface area (Å²) in [7, 11) is 3.28. The quantitative estimate of drug-likeness (QED) is 0.552. The summed E-state index contributed by atoms with van der Waals surface area (Å²) in [5.74, 6) is 0.0201. The predicted molar refractivity (Wildman–Crippen MR) is 129 cm³/mol. The average molecular weight is 489 g/mol. The Balaban J connectivity index is 1.59. The van der Waals surface area contributed by atoms with Gasteiger partial charge in [0.05, 0.1) is 37.1 Å². The first-order chi connectivity index (χ1) is 17.4. The van der Waals surface area contributed by atoms with E-state index in [4.69, 9.17) is 19.7 Å². The van der Waals surface area contributed by atoms with Crippen LogP contribution in [0.25, 0.3) is 11.3 Å². The van der Waals surface area contributed by atoms with Crippen LogP contribution in [0.1, 0.15) is 40.2 Å². The third-order valence-corrected chi connectivity index (χ3v) is 6.48. The summed E-state index contributed by atoms with van der Waals surface area (Å²) in [6.45, 7) is 3.36. The first-order valence-electron chi connectivity index (χ1n) is 11.6. The number of benzene rings is 1. The van der Waals surface area contributed by atoms with Crippen molar-refractivity contribution in [1.82, 2.24) is 19.9 Å². The van der Waals surface area contributed by atoms with E-state index in [9.17, 15) is 4.79 Å². The Bertz CT molecular complexity index is 1370. The van der Waals surface area contributed by atoms with Gasteiger partial charge in [-0.25, -0.2) is 19.3 Å². The van der Waals surface area contributed by atoms with Gasteiger partial charge in [-0.2, -0.15) is 5.26 Å². The standard InChI is InChI=1S/C26H25FN6O3/c1-15-13-33(14-21(36-15)17-6-8-29-22(11-17)35-3)26-30-23(18-5-4-16(12-28)10-20(18)27)19-7-9-32(2)25(34)24(19)31-26/h4-6,8,10-11,15,21H,7,9,13-14H2,1-3H3/t15-,21-/m0/s1. The van der Waals surface area contributed by atoms with Gasteiger partial charge in [0.15, 0.2) is 0 Å². The largest absolute Gasteiger partial charge is 0.481 e. The van der Waals surface area contributed by atoms with Crippen molar-refractivity contribution in [3.8, 4) is 23.2 Å². The van der Waals surface area contributed by atoms with Crippen molar-refractivity contribution >= 4 is 11.9 Å². The van der Waals surface area contributed by atoms with Gasteiger partial charge in [-0.1, -0.05) is 0 Å². The third kappa shape index (κ3) is 4.33. The molecule has 10 heteroatoms. The normalized spacial score (nSPS) is 19.6. The highest BCUT2D eigenvalue weighted by Gasteiger charge is 2.33. The second kappa shape index (κ2) is 9.51. The summed E-state index contributed by atoms with van der Waals surface area (Å²) in [5, 5.41) is 9.15. The molecule has 9 nitrogen and oxygen atoms in total. The van der Waals surface area contributed by atoms with Gasteiger partial charge >= 0.3 is 0 Å². The molecule has 5 rings (SSSR count). The van der Waals surface area contributed by atoms with Crippen LogP contribution in [0.4, 0.5) is 10.3 Å². The zero-order chi connectivity index (χ0) is 25.4. The SMILES string of the molecule is COc1cc([C@@H]2CN(c3nc4c(c(-c5ccc(C#N)cc5F)n3)CCN(C)C4=O)C[C@H](C)O2)ccn1. The fraction of sp³-hybridized carbons (Fsp3) is 0.346. The van der Waals surface area contributed by atoms with E-state index < -0.39 is 5.82 Å². The molecule has 0 N–H and O–H groups in total.